The Balaban J connectivity index is 3.03. The lowest BCUT2D eigenvalue weighted by atomic mass is 9.78. The van der Waals surface area contributed by atoms with Crippen molar-refractivity contribution >= 4 is 12.4 Å². The average molecular weight is 239 g/mol. The number of piperidine rings is 1. The predicted octanol–water partition coefficient (Wildman–Crippen LogP) is 1.89. The molecular weight excluding hydrogens is 218 g/mol. The van der Waals surface area contributed by atoms with Crippen molar-refractivity contribution in [2.24, 2.45) is 0 Å². The van der Waals surface area contributed by atoms with E-state index in [1.54, 1.807) is 0 Å². The molecule has 0 aromatic rings. The van der Waals surface area contributed by atoms with E-state index in [4.69, 9.17) is 4.74 Å². The molecule has 96 valence electrons. The predicted molar refractivity (Wildman–Crippen MR) is 65.4 cm³/mol. The van der Waals surface area contributed by atoms with Gasteiger partial charge in [0.1, 0.15) is 6.10 Å². The number of carbonyl (C=O) groups excluding carboxylic acids is 2. The first kappa shape index (κ1) is 13.7. The van der Waals surface area contributed by atoms with E-state index in [2.05, 4.69) is 6.58 Å². The van der Waals surface area contributed by atoms with Gasteiger partial charge in [-0.25, -0.2) is 0 Å². The Morgan fingerprint density at radius 1 is 1.29 bits per heavy atom. The molecule has 0 aliphatic carbocycles. The molecule has 4 nitrogen and oxygen atoms in total. The van der Waals surface area contributed by atoms with Gasteiger partial charge in [-0.15, -0.1) is 0 Å². The summed E-state index contributed by atoms with van der Waals surface area (Å²) in [6.45, 7) is 12.0. The summed E-state index contributed by atoms with van der Waals surface area (Å²) < 4.78 is 5.07. The highest BCUT2D eigenvalue weighted by molar-refractivity contribution is 5.88. The molecule has 0 radical (unpaired) electrons. The Morgan fingerprint density at radius 3 is 2.12 bits per heavy atom. The third kappa shape index (κ3) is 2.68. The Hall–Kier alpha value is -1.32. The summed E-state index contributed by atoms with van der Waals surface area (Å²) in [6.07, 6.45) is 2.50. The number of amides is 1. The maximum atomic E-state index is 12.0. The second kappa shape index (κ2) is 4.51. The van der Waals surface area contributed by atoms with Crippen LogP contribution in [0.15, 0.2) is 12.7 Å². The first-order valence-corrected chi connectivity index (χ1v) is 5.80. The smallest absolute Gasteiger partial charge is 0.293 e. The van der Waals surface area contributed by atoms with Crippen molar-refractivity contribution in [2.45, 2.75) is 57.7 Å². The molecule has 0 aromatic carbocycles. The zero-order valence-corrected chi connectivity index (χ0v) is 11.0. The summed E-state index contributed by atoms with van der Waals surface area (Å²) in [4.78, 5) is 24.2. The van der Waals surface area contributed by atoms with Crippen LogP contribution in [0.25, 0.3) is 0 Å². The number of hydrogen-bond acceptors (Lipinski definition) is 3. The van der Waals surface area contributed by atoms with Gasteiger partial charge in [-0.3, -0.25) is 9.59 Å². The largest absolute Gasteiger partial charge is 0.464 e. The Labute approximate surface area is 103 Å². The van der Waals surface area contributed by atoms with Crippen LogP contribution < -0.4 is 0 Å². The van der Waals surface area contributed by atoms with E-state index in [0.717, 1.165) is 0 Å². The van der Waals surface area contributed by atoms with Gasteiger partial charge in [0.05, 0.1) is 0 Å². The van der Waals surface area contributed by atoms with Gasteiger partial charge < -0.3 is 9.64 Å². The molecular formula is C13H21NO3. The van der Waals surface area contributed by atoms with Gasteiger partial charge in [0.2, 0.25) is 5.91 Å². The topological polar surface area (TPSA) is 46.6 Å². The Bertz CT molecular complexity index is 316. The molecule has 0 bridgehead atoms. The normalized spacial score (nSPS) is 22.9. The van der Waals surface area contributed by atoms with Crippen molar-refractivity contribution in [1.29, 1.82) is 0 Å². The highest BCUT2D eigenvalue weighted by atomic mass is 16.5. The number of likely N-dealkylation sites (tertiary alicyclic amines) is 1. The van der Waals surface area contributed by atoms with Crippen molar-refractivity contribution in [3.8, 4) is 0 Å². The third-order valence-electron chi connectivity index (χ3n) is 3.31. The van der Waals surface area contributed by atoms with E-state index >= 15 is 0 Å². The minimum atomic E-state index is -0.347. The lowest BCUT2D eigenvalue weighted by molar-refractivity contribution is -0.157. The van der Waals surface area contributed by atoms with Crippen LogP contribution in [-0.4, -0.2) is 34.5 Å². The average Bonchev–Trinajstić information content (AvgIpc) is 2.13. The van der Waals surface area contributed by atoms with Gasteiger partial charge in [0.25, 0.3) is 6.47 Å². The molecule has 1 heterocycles. The molecule has 4 heteroatoms. The van der Waals surface area contributed by atoms with E-state index in [0.29, 0.717) is 19.3 Å². The van der Waals surface area contributed by atoms with E-state index in [9.17, 15) is 9.59 Å². The fourth-order valence-corrected chi connectivity index (χ4v) is 3.05. The van der Waals surface area contributed by atoms with Crippen molar-refractivity contribution in [3.63, 3.8) is 0 Å². The summed E-state index contributed by atoms with van der Waals surface area (Å²) in [7, 11) is 0. The van der Waals surface area contributed by atoms with Crippen molar-refractivity contribution < 1.29 is 14.3 Å². The summed E-state index contributed by atoms with van der Waals surface area (Å²) in [5, 5.41) is 0. The number of ether oxygens (including phenoxy) is 1. The Kier molecular flexibility index (Phi) is 3.65. The fourth-order valence-electron chi connectivity index (χ4n) is 3.05. The van der Waals surface area contributed by atoms with Gasteiger partial charge >= 0.3 is 0 Å². The van der Waals surface area contributed by atoms with Gasteiger partial charge in [-0.1, -0.05) is 6.58 Å². The lowest BCUT2D eigenvalue weighted by Crippen LogP contribution is -2.63. The van der Waals surface area contributed by atoms with Crippen molar-refractivity contribution in [3.05, 3.63) is 12.7 Å². The molecule has 1 amide bonds. The first-order valence-electron chi connectivity index (χ1n) is 5.80. The highest BCUT2D eigenvalue weighted by Gasteiger charge is 2.47. The maximum Gasteiger partial charge on any atom is 0.293 e. The van der Waals surface area contributed by atoms with Crippen LogP contribution in [-0.2, 0) is 14.3 Å². The van der Waals surface area contributed by atoms with Gasteiger partial charge in [0, 0.05) is 23.9 Å². The summed E-state index contributed by atoms with van der Waals surface area (Å²) in [6, 6.07) is 0. The number of nitrogens with zero attached hydrogens (tertiary/aromatic N) is 1. The number of rotatable bonds is 3. The summed E-state index contributed by atoms with van der Waals surface area (Å²) in [5.41, 5.74) is -0.693. The van der Waals surface area contributed by atoms with Crippen LogP contribution in [0.5, 0.6) is 0 Å². The molecule has 0 unspecified atom stereocenters. The van der Waals surface area contributed by atoms with Crippen LogP contribution in [0.3, 0.4) is 0 Å². The van der Waals surface area contributed by atoms with E-state index in [1.807, 2.05) is 32.6 Å². The monoisotopic (exact) mass is 239 g/mol. The number of hydrogen-bond donors (Lipinski definition) is 0. The second-order valence-electron chi connectivity index (χ2n) is 5.77. The fraction of sp³-hybridized carbons (Fsp3) is 0.692. The zero-order chi connectivity index (χ0) is 13.3. The van der Waals surface area contributed by atoms with Crippen LogP contribution >= 0.6 is 0 Å². The quantitative estimate of drug-likeness (QED) is 0.558. The van der Waals surface area contributed by atoms with E-state index in [1.165, 1.54) is 6.08 Å². The molecule has 0 spiro atoms. The molecule has 0 aromatic heterocycles. The molecule has 1 rings (SSSR count). The zero-order valence-electron chi connectivity index (χ0n) is 11.0. The van der Waals surface area contributed by atoms with Crippen molar-refractivity contribution in [2.75, 3.05) is 0 Å². The van der Waals surface area contributed by atoms with Gasteiger partial charge in [0.15, 0.2) is 0 Å². The van der Waals surface area contributed by atoms with Gasteiger partial charge in [-0.05, 0) is 33.8 Å². The minimum absolute atomic E-state index is 0.0791. The van der Waals surface area contributed by atoms with Gasteiger partial charge in [-0.2, -0.15) is 0 Å². The lowest BCUT2D eigenvalue weighted by Gasteiger charge is -2.54. The minimum Gasteiger partial charge on any atom is -0.464 e. The molecule has 1 aliphatic heterocycles. The summed E-state index contributed by atoms with van der Waals surface area (Å²) >= 11 is 0. The van der Waals surface area contributed by atoms with Crippen molar-refractivity contribution in [1.82, 2.24) is 4.90 Å². The molecule has 1 saturated heterocycles. The third-order valence-corrected chi connectivity index (χ3v) is 3.31. The van der Waals surface area contributed by atoms with E-state index in [-0.39, 0.29) is 23.1 Å². The van der Waals surface area contributed by atoms with E-state index < -0.39 is 0 Å². The molecule has 1 aliphatic rings. The molecule has 0 saturated carbocycles. The van der Waals surface area contributed by atoms with Crippen LogP contribution in [0.4, 0.5) is 0 Å². The standard InChI is InChI=1S/C13H21NO3/c1-6-11(16)14-12(2,3)7-10(17-9-15)8-13(14,4)5/h6,9-10H,1,7-8H2,2-5H3. The molecule has 0 atom stereocenters. The van der Waals surface area contributed by atoms with Crippen LogP contribution in [0.1, 0.15) is 40.5 Å². The Morgan fingerprint density at radius 2 is 1.76 bits per heavy atom. The summed E-state index contributed by atoms with van der Waals surface area (Å²) in [5.74, 6) is -0.0791. The SMILES string of the molecule is C=CC(=O)N1C(C)(C)CC(OC=O)CC1(C)C. The first-order chi connectivity index (χ1) is 7.74. The number of carbonyl (C=O) groups is 2. The molecule has 17 heavy (non-hydrogen) atoms. The van der Waals surface area contributed by atoms with Crippen LogP contribution in [0, 0.1) is 0 Å². The second-order valence-corrected chi connectivity index (χ2v) is 5.77. The maximum absolute atomic E-state index is 12.0. The molecule has 1 fully saturated rings. The molecule has 0 N–H and O–H groups in total. The highest BCUT2D eigenvalue weighted by Crippen LogP contribution is 2.39. The van der Waals surface area contributed by atoms with Crippen LogP contribution in [0.2, 0.25) is 0 Å².